The molecule has 1 amide bonds. The minimum Gasteiger partial charge on any atom is -0.465 e. The Morgan fingerprint density at radius 1 is 1.09 bits per heavy atom. The van der Waals surface area contributed by atoms with Gasteiger partial charge in [0.15, 0.2) is 5.11 Å². The highest BCUT2D eigenvalue weighted by atomic mass is 32.1. The fourth-order valence-electron chi connectivity index (χ4n) is 3.01. The second-order valence-electron chi connectivity index (χ2n) is 6.61. The van der Waals surface area contributed by atoms with E-state index in [0.29, 0.717) is 39.8 Å². The number of thiophene rings is 1. The number of esters is 2. The third-order valence-corrected chi connectivity index (χ3v) is 6.04. The summed E-state index contributed by atoms with van der Waals surface area (Å²) in [7, 11) is 1.28. The molecular formula is C22H27N3O5S2. The minimum absolute atomic E-state index is 0.156. The average Bonchev–Trinajstić information content (AvgIpc) is 3.09. The Labute approximate surface area is 196 Å². The van der Waals surface area contributed by atoms with Gasteiger partial charge in [0, 0.05) is 18.8 Å². The molecule has 0 bridgehead atoms. The van der Waals surface area contributed by atoms with Crippen LogP contribution in [0.5, 0.6) is 0 Å². The highest BCUT2D eigenvalue weighted by molar-refractivity contribution is 7.80. The lowest BCUT2D eigenvalue weighted by atomic mass is 10.1. The molecule has 0 aliphatic carbocycles. The van der Waals surface area contributed by atoms with Crippen molar-refractivity contribution >= 4 is 57.2 Å². The van der Waals surface area contributed by atoms with Crippen molar-refractivity contribution in [3.8, 4) is 0 Å². The molecule has 8 nitrogen and oxygen atoms in total. The lowest BCUT2D eigenvalue weighted by Crippen LogP contribution is -2.30. The number of methoxy groups -OCH3 is 1. The third kappa shape index (κ3) is 5.83. The molecule has 0 atom stereocenters. The summed E-state index contributed by atoms with van der Waals surface area (Å²) in [5, 5.41) is 6.58. The molecule has 2 N–H and O–H groups in total. The number of nitrogens with zero attached hydrogens (tertiary/aromatic N) is 1. The van der Waals surface area contributed by atoms with Crippen molar-refractivity contribution in [2.75, 3.05) is 37.4 Å². The van der Waals surface area contributed by atoms with Crippen LogP contribution in [0, 0.1) is 6.92 Å². The monoisotopic (exact) mass is 477 g/mol. The van der Waals surface area contributed by atoms with Gasteiger partial charge in [-0.1, -0.05) is 6.07 Å². The molecule has 0 radical (unpaired) electrons. The molecule has 172 valence electrons. The maximum absolute atomic E-state index is 12.9. The molecule has 32 heavy (non-hydrogen) atoms. The van der Waals surface area contributed by atoms with E-state index in [9.17, 15) is 14.4 Å². The predicted octanol–water partition coefficient (Wildman–Crippen LogP) is 4.31. The number of hydrogen-bond acceptors (Lipinski definition) is 7. The maximum Gasteiger partial charge on any atom is 0.341 e. The summed E-state index contributed by atoms with van der Waals surface area (Å²) in [6.07, 6.45) is 0. The summed E-state index contributed by atoms with van der Waals surface area (Å²) >= 11 is 6.54. The van der Waals surface area contributed by atoms with E-state index in [-0.39, 0.29) is 23.2 Å². The number of carbonyl (C=O) groups excluding carboxylic acids is 3. The number of hydrogen-bond donors (Lipinski definition) is 2. The smallest absolute Gasteiger partial charge is 0.341 e. The van der Waals surface area contributed by atoms with Crippen LogP contribution in [-0.2, 0) is 9.47 Å². The molecule has 0 aliphatic heterocycles. The number of carbonyl (C=O) groups is 3. The van der Waals surface area contributed by atoms with Gasteiger partial charge in [0.2, 0.25) is 0 Å². The molecule has 10 heteroatoms. The SMILES string of the molecule is CCOC(=O)c1cccc(NC(=S)Nc2sc(C(=O)N(CC)CC)c(C)c2C(=O)OC)c1. The van der Waals surface area contributed by atoms with Crippen LogP contribution < -0.4 is 10.6 Å². The van der Waals surface area contributed by atoms with Gasteiger partial charge in [-0.3, -0.25) is 4.79 Å². The molecule has 0 saturated heterocycles. The van der Waals surface area contributed by atoms with Crippen molar-refractivity contribution in [3.63, 3.8) is 0 Å². The highest BCUT2D eigenvalue weighted by Gasteiger charge is 2.27. The molecule has 0 unspecified atom stereocenters. The van der Waals surface area contributed by atoms with Crippen molar-refractivity contribution in [2.45, 2.75) is 27.7 Å². The number of amides is 1. The van der Waals surface area contributed by atoms with Gasteiger partial charge in [0.05, 0.1) is 29.7 Å². The molecule has 0 spiro atoms. The Morgan fingerprint density at radius 2 is 1.78 bits per heavy atom. The van der Waals surface area contributed by atoms with E-state index >= 15 is 0 Å². The zero-order valence-electron chi connectivity index (χ0n) is 18.7. The first-order valence-corrected chi connectivity index (χ1v) is 11.4. The predicted molar refractivity (Wildman–Crippen MR) is 130 cm³/mol. The van der Waals surface area contributed by atoms with Crippen LogP contribution in [0.2, 0.25) is 0 Å². The van der Waals surface area contributed by atoms with E-state index in [1.807, 2.05) is 13.8 Å². The van der Waals surface area contributed by atoms with Crippen LogP contribution >= 0.6 is 23.6 Å². The van der Waals surface area contributed by atoms with E-state index < -0.39 is 11.9 Å². The Kier molecular flexibility index (Phi) is 9.15. The van der Waals surface area contributed by atoms with Gasteiger partial charge in [0.25, 0.3) is 5.91 Å². The number of thiocarbonyl (C=S) groups is 1. The largest absolute Gasteiger partial charge is 0.465 e. The van der Waals surface area contributed by atoms with E-state index in [2.05, 4.69) is 10.6 Å². The number of ether oxygens (including phenoxy) is 2. The lowest BCUT2D eigenvalue weighted by Gasteiger charge is -2.18. The Balaban J connectivity index is 2.30. The summed E-state index contributed by atoms with van der Waals surface area (Å²) in [6.45, 7) is 8.63. The second-order valence-corrected chi connectivity index (χ2v) is 8.04. The first kappa shape index (κ1) is 25.3. The Hall–Kier alpha value is -2.98. The lowest BCUT2D eigenvalue weighted by molar-refractivity contribution is 0.0525. The quantitative estimate of drug-likeness (QED) is 0.429. The summed E-state index contributed by atoms with van der Waals surface area (Å²) in [5.74, 6) is -1.15. The van der Waals surface area contributed by atoms with Crippen molar-refractivity contribution in [1.29, 1.82) is 0 Å². The van der Waals surface area contributed by atoms with Crippen molar-refractivity contribution < 1.29 is 23.9 Å². The van der Waals surface area contributed by atoms with Crippen LogP contribution in [0.25, 0.3) is 0 Å². The number of anilines is 2. The van der Waals surface area contributed by atoms with Gasteiger partial charge >= 0.3 is 11.9 Å². The van der Waals surface area contributed by atoms with E-state index in [1.54, 1.807) is 43.0 Å². The van der Waals surface area contributed by atoms with Crippen LogP contribution in [0.1, 0.15) is 56.7 Å². The minimum atomic E-state index is -0.563. The van der Waals surface area contributed by atoms with E-state index in [4.69, 9.17) is 21.7 Å². The summed E-state index contributed by atoms with van der Waals surface area (Å²) in [6, 6.07) is 6.70. The zero-order chi connectivity index (χ0) is 23.8. The molecule has 0 fully saturated rings. The molecule has 2 aromatic rings. The van der Waals surface area contributed by atoms with Gasteiger partial charge in [-0.2, -0.15) is 0 Å². The summed E-state index contributed by atoms with van der Waals surface area (Å²) in [4.78, 5) is 39.4. The number of benzene rings is 1. The molecule has 1 heterocycles. The third-order valence-electron chi connectivity index (χ3n) is 4.64. The molecule has 0 aliphatic rings. The second kappa shape index (κ2) is 11.6. The topological polar surface area (TPSA) is 97.0 Å². The average molecular weight is 478 g/mol. The van der Waals surface area contributed by atoms with Crippen molar-refractivity contribution in [2.24, 2.45) is 0 Å². The summed E-state index contributed by atoms with van der Waals surface area (Å²) in [5.41, 5.74) is 1.75. The molecule has 1 aromatic heterocycles. The summed E-state index contributed by atoms with van der Waals surface area (Å²) < 4.78 is 9.93. The first-order valence-electron chi connectivity index (χ1n) is 10.1. The standard InChI is InChI=1S/C22H27N3O5S2/c1-6-25(7-2)19(26)17-13(4)16(21(28)29-5)18(32-17)24-22(31)23-15-11-9-10-14(12-15)20(27)30-8-3/h9-12H,6-8H2,1-5H3,(H2,23,24,31). The fraction of sp³-hybridized carbons (Fsp3) is 0.364. The van der Waals surface area contributed by atoms with E-state index in [0.717, 1.165) is 11.3 Å². The van der Waals surface area contributed by atoms with Gasteiger partial charge in [-0.25, -0.2) is 9.59 Å². The van der Waals surface area contributed by atoms with Crippen LogP contribution in [0.3, 0.4) is 0 Å². The van der Waals surface area contributed by atoms with Gasteiger partial charge < -0.3 is 25.0 Å². The van der Waals surface area contributed by atoms with Crippen molar-refractivity contribution in [1.82, 2.24) is 4.90 Å². The van der Waals surface area contributed by atoms with Crippen molar-refractivity contribution in [3.05, 3.63) is 45.8 Å². The van der Waals surface area contributed by atoms with Gasteiger partial charge in [-0.15, -0.1) is 11.3 Å². The Bertz CT molecular complexity index is 1010. The Morgan fingerprint density at radius 3 is 2.38 bits per heavy atom. The van der Waals surface area contributed by atoms with Crippen LogP contribution in [-0.4, -0.2) is 54.7 Å². The number of nitrogens with one attached hydrogen (secondary N) is 2. The molecule has 2 rings (SSSR count). The van der Waals surface area contributed by atoms with Crippen LogP contribution in [0.15, 0.2) is 24.3 Å². The number of rotatable bonds is 8. The molecule has 1 aromatic carbocycles. The molecular weight excluding hydrogens is 450 g/mol. The zero-order valence-corrected chi connectivity index (χ0v) is 20.4. The fourth-order valence-corrected chi connectivity index (χ4v) is 4.46. The first-order chi connectivity index (χ1) is 15.3. The van der Waals surface area contributed by atoms with E-state index in [1.165, 1.54) is 7.11 Å². The van der Waals surface area contributed by atoms with Gasteiger partial charge in [0.1, 0.15) is 5.00 Å². The van der Waals surface area contributed by atoms with Gasteiger partial charge in [-0.05, 0) is 63.7 Å². The highest BCUT2D eigenvalue weighted by Crippen LogP contribution is 2.34. The maximum atomic E-state index is 12.9. The normalized spacial score (nSPS) is 10.3. The van der Waals surface area contributed by atoms with Crippen LogP contribution in [0.4, 0.5) is 10.7 Å². The molecule has 0 saturated carbocycles.